The van der Waals surface area contributed by atoms with Gasteiger partial charge in [-0.2, -0.15) is 0 Å². The molecule has 4 nitrogen and oxygen atoms in total. The van der Waals surface area contributed by atoms with Crippen molar-refractivity contribution in [2.24, 2.45) is 7.05 Å². The lowest BCUT2D eigenvalue weighted by Crippen LogP contribution is -2.17. The summed E-state index contributed by atoms with van der Waals surface area (Å²) in [6, 6.07) is 8.67. The van der Waals surface area contributed by atoms with Crippen LogP contribution >= 0.6 is 0 Å². The molecule has 0 radical (unpaired) electrons. The summed E-state index contributed by atoms with van der Waals surface area (Å²) in [6.45, 7) is 5.92. The Morgan fingerprint density at radius 1 is 1.00 bits per heavy atom. The number of hydrogen-bond acceptors (Lipinski definition) is 3. The van der Waals surface area contributed by atoms with Gasteiger partial charge in [-0.05, 0) is 55.0 Å². The summed E-state index contributed by atoms with van der Waals surface area (Å²) in [5.41, 5.74) is 6.19. The molecule has 3 heterocycles. The molecule has 5 rings (SSSR count). The van der Waals surface area contributed by atoms with Crippen LogP contribution in [-0.4, -0.2) is 22.8 Å². The molecule has 0 aliphatic carbocycles. The highest BCUT2D eigenvalue weighted by Gasteiger charge is 2.20. The third-order valence-electron chi connectivity index (χ3n) is 5.68. The van der Waals surface area contributed by atoms with Crippen LogP contribution in [0, 0.1) is 13.8 Å². The van der Waals surface area contributed by atoms with E-state index >= 15 is 0 Å². The highest BCUT2D eigenvalue weighted by molar-refractivity contribution is 6.16. The van der Waals surface area contributed by atoms with Crippen molar-refractivity contribution >= 4 is 32.6 Å². The van der Waals surface area contributed by atoms with Crippen molar-refractivity contribution in [2.75, 3.05) is 13.2 Å². The highest BCUT2D eigenvalue weighted by atomic mass is 16.7. The Morgan fingerprint density at radius 2 is 1.81 bits per heavy atom. The van der Waals surface area contributed by atoms with Crippen LogP contribution in [0.4, 0.5) is 0 Å². The summed E-state index contributed by atoms with van der Waals surface area (Å²) in [5.74, 6) is 0. The monoisotopic (exact) mass is 346 g/mol. The molecule has 2 aromatic carbocycles. The maximum absolute atomic E-state index is 5.82. The molecule has 0 bridgehead atoms. The Balaban J connectivity index is 1.87. The number of nitrogens with zero attached hydrogens (tertiary/aromatic N) is 2. The number of rotatable bonds is 1. The summed E-state index contributed by atoms with van der Waals surface area (Å²) in [5, 5.41) is 5.05. The molecule has 132 valence electrons. The van der Waals surface area contributed by atoms with Gasteiger partial charge in [-0.3, -0.25) is 4.98 Å². The zero-order chi connectivity index (χ0) is 17.8. The lowest BCUT2D eigenvalue weighted by atomic mass is 9.96. The molecule has 0 unspecified atom stereocenters. The molecule has 4 heteroatoms. The van der Waals surface area contributed by atoms with Gasteiger partial charge in [0, 0.05) is 46.7 Å². The third kappa shape index (κ3) is 2.12. The van der Waals surface area contributed by atoms with Gasteiger partial charge in [-0.15, -0.1) is 0 Å². The van der Waals surface area contributed by atoms with Crippen LogP contribution in [0.15, 0.2) is 36.7 Å². The minimum atomic E-state index is -0.257. The molecular weight excluding hydrogens is 324 g/mol. The number of pyridine rings is 1. The van der Waals surface area contributed by atoms with E-state index in [1.165, 1.54) is 43.7 Å². The lowest BCUT2D eigenvalue weighted by molar-refractivity contribution is -0.182. The summed E-state index contributed by atoms with van der Waals surface area (Å²) in [6.07, 6.45) is 4.56. The van der Waals surface area contributed by atoms with Crippen molar-refractivity contribution in [1.29, 1.82) is 0 Å². The second kappa shape index (κ2) is 5.79. The van der Waals surface area contributed by atoms with E-state index in [4.69, 9.17) is 9.47 Å². The predicted octanol–water partition coefficient (Wildman–Crippen LogP) is 4.93. The van der Waals surface area contributed by atoms with Crippen molar-refractivity contribution in [3.63, 3.8) is 0 Å². The zero-order valence-corrected chi connectivity index (χ0v) is 15.4. The van der Waals surface area contributed by atoms with E-state index in [9.17, 15) is 0 Å². The van der Waals surface area contributed by atoms with Gasteiger partial charge in [0.15, 0.2) is 6.29 Å². The molecule has 0 spiro atoms. The minimum absolute atomic E-state index is 0.257. The number of ether oxygens (including phenoxy) is 2. The normalized spacial score (nSPS) is 16.1. The number of aromatic nitrogens is 2. The SMILES string of the molecule is Cc1c2cnccc2c(C)c2c1c1cc(C3OCCCO3)ccc1n2C. The molecular formula is C22H22N2O2. The van der Waals surface area contributed by atoms with Crippen molar-refractivity contribution in [2.45, 2.75) is 26.6 Å². The standard InChI is InChI=1S/C22H22N2O2/c1-13-18-12-23-8-7-16(18)14(2)21-20(13)17-11-15(5-6-19(17)24(21)3)22-25-9-4-10-26-22/h5-8,11-12,22H,4,9-10H2,1-3H3. The van der Waals surface area contributed by atoms with Crippen LogP contribution < -0.4 is 0 Å². The van der Waals surface area contributed by atoms with Crippen LogP contribution in [-0.2, 0) is 16.5 Å². The first-order valence-electron chi connectivity index (χ1n) is 9.15. The zero-order valence-electron chi connectivity index (χ0n) is 15.4. The first-order chi connectivity index (χ1) is 12.7. The van der Waals surface area contributed by atoms with Gasteiger partial charge in [0.2, 0.25) is 0 Å². The van der Waals surface area contributed by atoms with E-state index in [1.54, 1.807) is 0 Å². The van der Waals surface area contributed by atoms with Gasteiger partial charge in [-0.25, -0.2) is 0 Å². The predicted molar refractivity (Wildman–Crippen MR) is 104 cm³/mol. The topological polar surface area (TPSA) is 36.3 Å². The van der Waals surface area contributed by atoms with E-state index in [-0.39, 0.29) is 6.29 Å². The first-order valence-corrected chi connectivity index (χ1v) is 9.15. The van der Waals surface area contributed by atoms with Crippen LogP contribution in [0.1, 0.15) is 29.4 Å². The van der Waals surface area contributed by atoms with E-state index in [1.807, 2.05) is 12.4 Å². The van der Waals surface area contributed by atoms with E-state index < -0.39 is 0 Å². The van der Waals surface area contributed by atoms with E-state index in [0.717, 1.165) is 25.2 Å². The number of benzene rings is 2. The first kappa shape index (κ1) is 15.8. The Morgan fingerprint density at radius 3 is 2.62 bits per heavy atom. The molecule has 1 fully saturated rings. The van der Waals surface area contributed by atoms with Crippen LogP contribution in [0.3, 0.4) is 0 Å². The highest BCUT2D eigenvalue weighted by Crippen LogP contribution is 2.39. The lowest BCUT2D eigenvalue weighted by Gasteiger charge is -2.23. The molecule has 1 saturated heterocycles. The molecule has 0 N–H and O–H groups in total. The summed E-state index contributed by atoms with van der Waals surface area (Å²) < 4.78 is 13.9. The molecule has 26 heavy (non-hydrogen) atoms. The van der Waals surface area contributed by atoms with Gasteiger partial charge in [-0.1, -0.05) is 6.07 Å². The fraction of sp³-hybridized carbons (Fsp3) is 0.318. The van der Waals surface area contributed by atoms with Gasteiger partial charge in [0.1, 0.15) is 0 Å². The van der Waals surface area contributed by atoms with Gasteiger partial charge in [0.05, 0.1) is 18.7 Å². The number of hydrogen-bond donors (Lipinski definition) is 0. The molecule has 4 aromatic rings. The smallest absolute Gasteiger partial charge is 0.183 e. The fourth-order valence-electron chi connectivity index (χ4n) is 4.39. The Kier molecular flexibility index (Phi) is 3.52. The average Bonchev–Trinajstić information content (AvgIpc) is 2.99. The summed E-state index contributed by atoms with van der Waals surface area (Å²) in [4.78, 5) is 4.35. The minimum Gasteiger partial charge on any atom is -0.348 e. The van der Waals surface area contributed by atoms with Crippen LogP contribution in [0.2, 0.25) is 0 Å². The quantitative estimate of drug-likeness (QED) is 0.490. The van der Waals surface area contributed by atoms with E-state index in [0.29, 0.717) is 0 Å². The Bertz CT molecular complexity index is 1150. The molecule has 1 aliphatic heterocycles. The fourth-order valence-corrected chi connectivity index (χ4v) is 4.39. The van der Waals surface area contributed by atoms with Crippen molar-refractivity contribution < 1.29 is 9.47 Å². The van der Waals surface area contributed by atoms with E-state index in [2.05, 4.69) is 54.7 Å². The van der Waals surface area contributed by atoms with Gasteiger partial charge < -0.3 is 14.0 Å². The largest absolute Gasteiger partial charge is 0.348 e. The van der Waals surface area contributed by atoms with Gasteiger partial charge >= 0.3 is 0 Å². The molecule has 0 saturated carbocycles. The van der Waals surface area contributed by atoms with Crippen LogP contribution in [0.25, 0.3) is 32.6 Å². The second-order valence-corrected chi connectivity index (χ2v) is 7.16. The molecule has 0 amide bonds. The maximum atomic E-state index is 5.82. The summed E-state index contributed by atoms with van der Waals surface area (Å²) >= 11 is 0. The average molecular weight is 346 g/mol. The number of fused-ring (bicyclic) bond motifs is 4. The number of aryl methyl sites for hydroxylation is 3. The Hall–Kier alpha value is -2.43. The maximum Gasteiger partial charge on any atom is 0.183 e. The molecule has 2 aromatic heterocycles. The molecule has 0 atom stereocenters. The van der Waals surface area contributed by atoms with Crippen molar-refractivity contribution in [3.05, 3.63) is 53.3 Å². The van der Waals surface area contributed by atoms with Crippen molar-refractivity contribution in [1.82, 2.24) is 9.55 Å². The second-order valence-electron chi connectivity index (χ2n) is 7.16. The Labute approximate surface area is 152 Å². The summed E-state index contributed by atoms with van der Waals surface area (Å²) in [7, 11) is 2.15. The van der Waals surface area contributed by atoms with Crippen molar-refractivity contribution in [3.8, 4) is 0 Å². The van der Waals surface area contributed by atoms with Crippen LogP contribution in [0.5, 0.6) is 0 Å². The molecule has 1 aliphatic rings. The third-order valence-corrected chi connectivity index (χ3v) is 5.68. The van der Waals surface area contributed by atoms with Gasteiger partial charge in [0.25, 0.3) is 0 Å².